The minimum atomic E-state index is 0.845. The standard InChI is InChI=1S/C50H28N6O2.C43H26N4O/c1-3-11-39-37(9-1)51-49-53(41-13-5-7-15-43(41)55(39)49)31-19-23-47-35(27-31)33-25-29(17-21-45(33)57-47)30-18-22-46-34(26-30)36-28-32(20-24-48(36)58-46)54-42-14-6-8-16-44(42)56-40-12-4-2-10-38(40)52-50(54)56;1-4-15-36-31(12-1)32-13-2-5-16-37(32)45(36)30-21-23-42-34(26-30)33-25-28(20-22-41(33)48-42)27-10-9-11-29(24-27)46-39-18-7-8-19-40(39)47-38-17-6-3-14-35(38)44-43(46)47/h1-28H;1-26H. The van der Waals surface area contributed by atoms with Gasteiger partial charge in [-0.1, -0.05) is 140 Å². The van der Waals surface area contributed by atoms with Gasteiger partial charge in [-0.2, -0.15) is 0 Å². The van der Waals surface area contributed by atoms with Crippen LogP contribution in [0, 0.1) is 0 Å². The summed E-state index contributed by atoms with van der Waals surface area (Å²) in [5.74, 6) is 2.67. The van der Waals surface area contributed by atoms with E-state index >= 15 is 0 Å². The number of hydrogen-bond acceptors (Lipinski definition) is 6. The van der Waals surface area contributed by atoms with Gasteiger partial charge in [0.25, 0.3) is 0 Å². The first kappa shape index (κ1) is 57.0. The van der Waals surface area contributed by atoms with Crippen LogP contribution >= 0.6 is 0 Å². The molecule has 0 saturated carbocycles. The number of furan rings is 3. The Bertz CT molecular complexity index is 7750. The third kappa shape index (κ3) is 8.10. The highest BCUT2D eigenvalue weighted by Crippen LogP contribution is 2.43. The van der Waals surface area contributed by atoms with Crippen LogP contribution in [-0.4, -0.2) is 46.4 Å². The van der Waals surface area contributed by atoms with E-state index in [0.29, 0.717) is 0 Å². The normalized spacial score (nSPS) is 12.3. The lowest BCUT2D eigenvalue weighted by Gasteiger charge is -2.09. The third-order valence-corrected chi connectivity index (χ3v) is 21.8. The summed E-state index contributed by atoms with van der Waals surface area (Å²) in [4.78, 5) is 15.3. The Kier molecular flexibility index (Phi) is 11.5. The summed E-state index contributed by atoms with van der Waals surface area (Å²) >= 11 is 0. The first-order chi connectivity index (χ1) is 52.5. The summed E-state index contributed by atoms with van der Waals surface area (Å²) < 4.78 is 35.1. The molecule has 0 bridgehead atoms. The zero-order chi connectivity index (χ0) is 69.0. The topological polar surface area (TPSA) is 111 Å². The maximum atomic E-state index is 6.43. The lowest BCUT2D eigenvalue weighted by Crippen LogP contribution is -1.95. The number of hydrogen-bond donors (Lipinski definition) is 0. The fraction of sp³-hybridized carbons (Fsp3) is 0. The summed E-state index contributed by atoms with van der Waals surface area (Å²) in [5, 5.41) is 8.94. The van der Waals surface area contributed by atoms with E-state index in [2.05, 4.69) is 341 Å². The zero-order valence-electron chi connectivity index (χ0n) is 56.4. The fourth-order valence-corrected chi connectivity index (χ4v) is 17.1. The third-order valence-electron chi connectivity index (χ3n) is 21.8. The molecule has 0 radical (unpaired) electrons. The summed E-state index contributed by atoms with van der Waals surface area (Å²) in [7, 11) is 0. The van der Waals surface area contributed by atoms with Crippen molar-refractivity contribution in [2.24, 2.45) is 0 Å². The van der Waals surface area contributed by atoms with Crippen molar-refractivity contribution in [3.8, 4) is 45.0 Å². The van der Waals surface area contributed by atoms with Crippen molar-refractivity contribution in [3.05, 3.63) is 328 Å². The van der Waals surface area contributed by atoms with Crippen molar-refractivity contribution >= 4 is 171 Å². The summed E-state index contributed by atoms with van der Waals surface area (Å²) in [6, 6.07) is 115. The number of rotatable bonds is 6. The van der Waals surface area contributed by atoms with Gasteiger partial charge in [0.2, 0.25) is 17.3 Å². The highest BCUT2D eigenvalue weighted by molar-refractivity contribution is 6.13. The molecule has 0 saturated heterocycles. The maximum Gasteiger partial charge on any atom is 0.220 e. The van der Waals surface area contributed by atoms with Crippen molar-refractivity contribution in [1.82, 2.24) is 46.4 Å². The van der Waals surface area contributed by atoms with Crippen molar-refractivity contribution in [1.29, 1.82) is 0 Å². The molecule has 0 amide bonds. The second kappa shape index (κ2) is 21.4. The summed E-state index contributed by atoms with van der Waals surface area (Å²) in [6.07, 6.45) is 0. The van der Waals surface area contributed by atoms with E-state index in [9.17, 15) is 0 Å². The van der Waals surface area contributed by atoms with Gasteiger partial charge in [0, 0.05) is 54.5 Å². The molecule has 0 aliphatic rings. The van der Waals surface area contributed by atoms with E-state index in [-0.39, 0.29) is 0 Å². The van der Waals surface area contributed by atoms with Gasteiger partial charge in [-0.3, -0.25) is 26.9 Å². The van der Waals surface area contributed by atoms with Gasteiger partial charge >= 0.3 is 0 Å². The molecular weight excluding hydrogens is 1310 g/mol. The predicted octanol–water partition coefficient (Wildman–Crippen LogP) is 23.7. The fourth-order valence-electron chi connectivity index (χ4n) is 17.1. The van der Waals surface area contributed by atoms with E-state index in [1.807, 2.05) is 18.2 Å². The van der Waals surface area contributed by atoms with Crippen LogP contribution in [0.25, 0.3) is 216 Å². The molecule has 13 nitrogen and oxygen atoms in total. The van der Waals surface area contributed by atoms with Gasteiger partial charge in [0.15, 0.2) is 0 Å². The molecule has 0 aliphatic heterocycles. The first-order valence-corrected chi connectivity index (χ1v) is 35.6. The van der Waals surface area contributed by atoms with Gasteiger partial charge in [-0.25, -0.2) is 15.0 Å². The molecule has 106 heavy (non-hydrogen) atoms. The molecular formula is C93H54N10O3. The number of para-hydroxylation sites is 14. The van der Waals surface area contributed by atoms with Crippen LogP contribution in [0.15, 0.2) is 341 Å². The molecule has 494 valence electrons. The number of nitrogens with zero attached hydrogens (tertiary/aromatic N) is 10. The molecule has 0 atom stereocenters. The number of aromatic nitrogens is 10. The van der Waals surface area contributed by atoms with Crippen LogP contribution in [0.3, 0.4) is 0 Å². The molecule has 10 heterocycles. The minimum Gasteiger partial charge on any atom is -0.456 e. The van der Waals surface area contributed by atoms with E-state index < -0.39 is 0 Å². The molecule has 25 rings (SSSR count). The smallest absolute Gasteiger partial charge is 0.220 e. The number of imidazole rings is 6. The van der Waals surface area contributed by atoms with Crippen LogP contribution in [0.1, 0.15) is 0 Å². The SMILES string of the molecule is c1cc(-c2ccc3oc4ccc(-n5c6ccccc6c6ccccc65)cc4c3c2)cc(-n2c3ccccc3n3c4ccccc4nc23)c1.c1ccc2c(c1)nc1n(-c3ccc4oc5ccc(-c6ccc7oc8ccc(-n9c%10ccccc%10n%10c%11ccccc%11nc9%10)cc8c7c6)cc5c4c3)c3ccccc3n21. The van der Waals surface area contributed by atoms with E-state index in [1.54, 1.807) is 0 Å². The zero-order valence-corrected chi connectivity index (χ0v) is 56.4. The molecule has 10 aromatic heterocycles. The van der Waals surface area contributed by atoms with Gasteiger partial charge in [-0.15, -0.1) is 0 Å². The molecule has 15 aromatic carbocycles. The average Bonchev–Trinajstić information content (AvgIpc) is 1.57. The Balaban J connectivity index is 0.000000128. The van der Waals surface area contributed by atoms with E-state index in [1.165, 1.54) is 21.8 Å². The second-order valence-electron chi connectivity index (χ2n) is 27.6. The molecule has 0 unspecified atom stereocenters. The average molecular weight is 1360 g/mol. The Morgan fingerprint density at radius 1 is 0.179 bits per heavy atom. The predicted molar refractivity (Wildman–Crippen MR) is 429 cm³/mol. The maximum absolute atomic E-state index is 6.43. The van der Waals surface area contributed by atoms with Gasteiger partial charge < -0.3 is 17.8 Å². The van der Waals surface area contributed by atoms with Gasteiger partial charge in [0.05, 0.1) is 88.6 Å². The van der Waals surface area contributed by atoms with Crippen LogP contribution in [0.4, 0.5) is 0 Å². The molecule has 0 aliphatic carbocycles. The highest BCUT2D eigenvalue weighted by atomic mass is 16.3. The minimum absolute atomic E-state index is 0.845. The summed E-state index contributed by atoms with van der Waals surface area (Å²) in [6.45, 7) is 0. The van der Waals surface area contributed by atoms with E-state index in [0.717, 1.165) is 194 Å². The van der Waals surface area contributed by atoms with Crippen LogP contribution in [0.5, 0.6) is 0 Å². The number of fused-ring (bicyclic) bond motifs is 27. The Morgan fingerprint density at radius 2 is 0.453 bits per heavy atom. The molecule has 0 spiro atoms. The first-order valence-electron chi connectivity index (χ1n) is 35.6. The van der Waals surface area contributed by atoms with Gasteiger partial charge in [-0.05, 0) is 210 Å². The van der Waals surface area contributed by atoms with Crippen LogP contribution in [0.2, 0.25) is 0 Å². The quantitative estimate of drug-likeness (QED) is 0.164. The molecule has 0 N–H and O–H groups in total. The summed E-state index contributed by atoms with van der Waals surface area (Å²) in [5.41, 5.74) is 29.1. The molecule has 13 heteroatoms. The monoisotopic (exact) mass is 1360 g/mol. The van der Waals surface area contributed by atoms with Crippen LogP contribution < -0.4 is 0 Å². The highest BCUT2D eigenvalue weighted by Gasteiger charge is 2.24. The van der Waals surface area contributed by atoms with E-state index in [4.69, 9.17) is 28.2 Å². The van der Waals surface area contributed by atoms with Crippen LogP contribution in [-0.2, 0) is 0 Å². The van der Waals surface area contributed by atoms with Crippen molar-refractivity contribution in [2.75, 3.05) is 0 Å². The second-order valence-corrected chi connectivity index (χ2v) is 27.6. The van der Waals surface area contributed by atoms with Crippen molar-refractivity contribution in [2.45, 2.75) is 0 Å². The van der Waals surface area contributed by atoms with Gasteiger partial charge in [0.1, 0.15) is 33.5 Å². The Labute approximate surface area is 599 Å². The molecule has 25 aromatic rings. The number of benzene rings is 15. The lowest BCUT2D eigenvalue weighted by atomic mass is 10.0. The van der Waals surface area contributed by atoms with Crippen molar-refractivity contribution in [3.63, 3.8) is 0 Å². The van der Waals surface area contributed by atoms with Crippen molar-refractivity contribution < 1.29 is 13.3 Å². The largest absolute Gasteiger partial charge is 0.456 e. The molecule has 0 fully saturated rings. The Hall–Kier alpha value is -14.7. The Morgan fingerprint density at radius 3 is 0.821 bits per heavy atom. The lowest BCUT2D eigenvalue weighted by molar-refractivity contribution is 0.668.